The Morgan fingerprint density at radius 3 is 2.32 bits per heavy atom. The first kappa shape index (κ1) is 11.8. The molecule has 3 nitrogen and oxygen atoms in total. The lowest BCUT2D eigenvalue weighted by molar-refractivity contribution is -0.00667. The highest BCUT2D eigenvalue weighted by molar-refractivity contribution is 5.43. The van der Waals surface area contributed by atoms with Crippen molar-refractivity contribution in [3.8, 4) is 0 Å². The molecule has 3 heteroatoms. The molecule has 4 saturated carbocycles. The summed E-state index contributed by atoms with van der Waals surface area (Å²) < 4.78 is 2.16. The molecule has 19 heavy (non-hydrogen) atoms. The van der Waals surface area contributed by atoms with Gasteiger partial charge in [-0.3, -0.25) is 0 Å². The Hall–Kier alpha value is -0.990. The molecule has 4 aliphatic rings. The maximum Gasteiger partial charge on any atom is 0.127 e. The van der Waals surface area contributed by atoms with Crippen molar-refractivity contribution in [2.24, 2.45) is 17.8 Å². The third-order valence-electron chi connectivity index (χ3n) is 5.88. The maximum atomic E-state index is 6.41. The number of anilines is 1. The largest absolute Gasteiger partial charge is 0.384 e. The second-order valence-electron chi connectivity index (χ2n) is 7.37. The molecule has 1 aromatic heterocycles. The fraction of sp³-hybridized carbons (Fsp3) is 0.812. The van der Waals surface area contributed by atoms with Gasteiger partial charge in [0.05, 0.1) is 12.0 Å². The molecule has 4 fully saturated rings. The minimum absolute atomic E-state index is 0.345. The molecule has 1 aromatic rings. The number of nitrogens with zero attached hydrogens (tertiary/aromatic N) is 2. The van der Waals surface area contributed by atoms with Crippen molar-refractivity contribution in [2.45, 2.75) is 63.8 Å². The summed E-state index contributed by atoms with van der Waals surface area (Å²) in [5.41, 5.74) is 8.01. The molecule has 2 N–H and O–H groups in total. The molecular weight excluding hydrogens is 234 g/mol. The summed E-state index contributed by atoms with van der Waals surface area (Å²) in [5.74, 6) is 3.84. The summed E-state index contributed by atoms with van der Waals surface area (Å²) in [5, 5.41) is 0. The first-order chi connectivity index (χ1) is 9.20. The quantitative estimate of drug-likeness (QED) is 0.904. The highest BCUT2D eigenvalue weighted by Gasteiger charge is 2.53. The third kappa shape index (κ3) is 1.66. The van der Waals surface area contributed by atoms with Crippen molar-refractivity contribution in [2.75, 3.05) is 5.73 Å². The van der Waals surface area contributed by atoms with E-state index in [1.807, 2.05) is 6.33 Å². The molecular formula is C16H25N3. The normalized spacial score (nSPS) is 39.9. The molecule has 5 rings (SSSR count). The lowest BCUT2D eigenvalue weighted by atomic mass is 9.49. The van der Waals surface area contributed by atoms with Gasteiger partial charge in [-0.25, -0.2) is 4.98 Å². The zero-order valence-corrected chi connectivity index (χ0v) is 11.9. The van der Waals surface area contributed by atoms with Crippen LogP contribution in [0.4, 0.5) is 5.82 Å². The monoisotopic (exact) mass is 259 g/mol. The van der Waals surface area contributed by atoms with Gasteiger partial charge in [0, 0.05) is 12.0 Å². The molecule has 104 valence electrons. The molecule has 0 aromatic carbocycles. The molecule has 0 spiro atoms. The van der Waals surface area contributed by atoms with Gasteiger partial charge in [0.15, 0.2) is 0 Å². The van der Waals surface area contributed by atoms with Gasteiger partial charge in [-0.2, -0.15) is 0 Å². The first-order valence-corrected chi connectivity index (χ1v) is 8.01. The van der Waals surface area contributed by atoms with E-state index in [-0.39, 0.29) is 0 Å². The lowest BCUT2D eigenvalue weighted by Gasteiger charge is -2.56. The molecule has 4 aliphatic carbocycles. The number of rotatable bonds is 3. The minimum Gasteiger partial charge on any atom is -0.384 e. The van der Waals surface area contributed by atoms with E-state index in [0.717, 1.165) is 36.5 Å². The van der Waals surface area contributed by atoms with Gasteiger partial charge in [0.25, 0.3) is 0 Å². The average molecular weight is 259 g/mol. The third-order valence-corrected chi connectivity index (χ3v) is 5.88. The van der Waals surface area contributed by atoms with Crippen molar-refractivity contribution in [3.63, 3.8) is 0 Å². The van der Waals surface area contributed by atoms with Crippen molar-refractivity contribution in [3.05, 3.63) is 12.0 Å². The van der Waals surface area contributed by atoms with Gasteiger partial charge in [-0.15, -0.1) is 0 Å². The molecule has 0 amide bonds. The van der Waals surface area contributed by atoms with Gasteiger partial charge in [0.1, 0.15) is 5.82 Å². The van der Waals surface area contributed by atoms with E-state index in [9.17, 15) is 0 Å². The summed E-state index contributed by atoms with van der Waals surface area (Å²) in [4.78, 5) is 4.76. The smallest absolute Gasteiger partial charge is 0.127 e. The fourth-order valence-electron chi connectivity index (χ4n) is 5.62. The van der Waals surface area contributed by atoms with E-state index >= 15 is 0 Å². The second kappa shape index (κ2) is 4.00. The van der Waals surface area contributed by atoms with E-state index in [1.54, 1.807) is 0 Å². The SMILES string of the molecule is CCCn1cnc(C23CC4CC(CC(C4)C2)C3)c1N. The van der Waals surface area contributed by atoms with Crippen LogP contribution in [0.25, 0.3) is 0 Å². The molecule has 0 radical (unpaired) electrons. The van der Waals surface area contributed by atoms with Crippen LogP contribution in [-0.2, 0) is 12.0 Å². The Bertz CT molecular complexity index is 453. The van der Waals surface area contributed by atoms with Crippen LogP contribution < -0.4 is 5.73 Å². The van der Waals surface area contributed by atoms with Crippen molar-refractivity contribution in [1.82, 2.24) is 9.55 Å². The van der Waals surface area contributed by atoms with Crippen LogP contribution >= 0.6 is 0 Å². The maximum absolute atomic E-state index is 6.41. The van der Waals surface area contributed by atoms with Crippen LogP contribution in [0.5, 0.6) is 0 Å². The Morgan fingerprint density at radius 2 is 1.79 bits per heavy atom. The van der Waals surface area contributed by atoms with Gasteiger partial charge >= 0.3 is 0 Å². The summed E-state index contributed by atoms with van der Waals surface area (Å²) >= 11 is 0. The number of hydrogen-bond donors (Lipinski definition) is 1. The van der Waals surface area contributed by atoms with Crippen molar-refractivity contribution < 1.29 is 0 Å². The molecule has 1 heterocycles. The van der Waals surface area contributed by atoms with E-state index in [0.29, 0.717) is 5.41 Å². The van der Waals surface area contributed by atoms with Crippen molar-refractivity contribution in [1.29, 1.82) is 0 Å². The van der Waals surface area contributed by atoms with Crippen LogP contribution in [0.3, 0.4) is 0 Å². The van der Waals surface area contributed by atoms with Crippen LogP contribution in [-0.4, -0.2) is 9.55 Å². The molecule has 4 bridgehead atoms. The number of aryl methyl sites for hydroxylation is 1. The van der Waals surface area contributed by atoms with E-state index in [4.69, 9.17) is 10.7 Å². The summed E-state index contributed by atoms with van der Waals surface area (Å²) in [6, 6.07) is 0. The van der Waals surface area contributed by atoms with Crippen molar-refractivity contribution >= 4 is 5.82 Å². The summed E-state index contributed by atoms with van der Waals surface area (Å²) in [7, 11) is 0. The molecule has 0 unspecified atom stereocenters. The van der Waals surface area contributed by atoms with E-state index in [1.165, 1.54) is 44.2 Å². The summed E-state index contributed by atoms with van der Waals surface area (Å²) in [6.45, 7) is 3.20. The topological polar surface area (TPSA) is 43.8 Å². The fourth-order valence-corrected chi connectivity index (χ4v) is 5.62. The van der Waals surface area contributed by atoms with Gasteiger partial charge in [0.2, 0.25) is 0 Å². The van der Waals surface area contributed by atoms with Crippen LogP contribution in [0, 0.1) is 17.8 Å². The van der Waals surface area contributed by atoms with Gasteiger partial charge in [-0.05, 0) is 62.7 Å². The average Bonchev–Trinajstić information content (AvgIpc) is 2.70. The Kier molecular flexibility index (Phi) is 2.49. The van der Waals surface area contributed by atoms with Crippen LogP contribution in [0.15, 0.2) is 6.33 Å². The number of nitrogen functional groups attached to an aromatic ring is 1. The van der Waals surface area contributed by atoms with E-state index in [2.05, 4.69) is 11.5 Å². The molecule has 0 aliphatic heterocycles. The predicted octanol–water partition coefficient (Wildman–Crippen LogP) is 3.34. The van der Waals surface area contributed by atoms with Gasteiger partial charge < -0.3 is 10.3 Å². The first-order valence-electron chi connectivity index (χ1n) is 8.01. The Balaban J connectivity index is 1.71. The Morgan fingerprint density at radius 1 is 1.21 bits per heavy atom. The van der Waals surface area contributed by atoms with Crippen LogP contribution in [0.2, 0.25) is 0 Å². The standard InChI is InChI=1S/C16H25N3/c1-2-3-19-10-18-14(15(19)17)16-7-11-4-12(8-16)6-13(5-11)9-16/h10-13H,2-9,17H2,1H3. The predicted molar refractivity (Wildman–Crippen MR) is 76.8 cm³/mol. The molecule has 0 saturated heterocycles. The highest BCUT2D eigenvalue weighted by Crippen LogP contribution is 2.61. The number of hydrogen-bond acceptors (Lipinski definition) is 2. The number of nitrogens with two attached hydrogens (primary N) is 1. The lowest BCUT2D eigenvalue weighted by Crippen LogP contribution is -2.49. The van der Waals surface area contributed by atoms with Gasteiger partial charge in [-0.1, -0.05) is 6.92 Å². The zero-order valence-electron chi connectivity index (χ0n) is 11.9. The van der Waals surface area contributed by atoms with E-state index < -0.39 is 0 Å². The molecule has 0 atom stereocenters. The minimum atomic E-state index is 0.345. The number of aromatic nitrogens is 2. The number of imidazole rings is 1. The zero-order chi connectivity index (χ0) is 13.0. The highest BCUT2D eigenvalue weighted by atomic mass is 15.1. The van der Waals surface area contributed by atoms with Crippen LogP contribution in [0.1, 0.15) is 57.6 Å². The Labute approximate surface area is 115 Å². The summed E-state index contributed by atoms with van der Waals surface area (Å²) in [6.07, 6.45) is 11.6. The second-order valence-corrected chi connectivity index (χ2v) is 7.37.